The average molecular weight is 418 g/mol. The van der Waals surface area contributed by atoms with Crippen LogP contribution in [0.5, 0.6) is 11.5 Å². The molecular formula is C26H27NO4. The number of rotatable bonds is 8. The van der Waals surface area contributed by atoms with Gasteiger partial charge in [-0.1, -0.05) is 72.8 Å². The number of carbonyl (C=O) groups is 1. The number of hydrogen-bond donors (Lipinski definition) is 0. The van der Waals surface area contributed by atoms with Crippen molar-refractivity contribution in [1.82, 2.24) is 4.90 Å². The van der Waals surface area contributed by atoms with Crippen LogP contribution in [0.1, 0.15) is 29.7 Å². The highest BCUT2D eigenvalue weighted by molar-refractivity contribution is 5.77. The minimum absolute atomic E-state index is 0.00528. The second-order valence-corrected chi connectivity index (χ2v) is 7.36. The Labute approximate surface area is 183 Å². The van der Waals surface area contributed by atoms with Crippen LogP contribution in [0.4, 0.5) is 0 Å². The quantitative estimate of drug-likeness (QED) is 0.537. The van der Waals surface area contributed by atoms with Crippen molar-refractivity contribution in [3.63, 3.8) is 0 Å². The molecule has 0 unspecified atom stereocenters. The molecule has 1 aliphatic rings. The summed E-state index contributed by atoms with van der Waals surface area (Å²) in [5, 5.41) is 0. The van der Waals surface area contributed by atoms with Crippen LogP contribution in [0.15, 0.2) is 78.9 Å². The molecule has 160 valence electrons. The van der Waals surface area contributed by atoms with Crippen LogP contribution >= 0.6 is 0 Å². The predicted molar refractivity (Wildman–Crippen MR) is 119 cm³/mol. The van der Waals surface area contributed by atoms with Crippen molar-refractivity contribution in [2.75, 3.05) is 26.4 Å². The van der Waals surface area contributed by atoms with E-state index in [0.29, 0.717) is 26.3 Å². The standard InChI is InChI=1S/C26H27NO4/c1-2-27(18-22-14-9-15-23-26(22)30-17-16-29-23)24(28)19-31-25(20-10-5-3-6-11-20)21-12-7-4-8-13-21/h3-15,25H,2,16-19H2,1H3. The van der Waals surface area contributed by atoms with Gasteiger partial charge in [0, 0.05) is 18.7 Å². The van der Waals surface area contributed by atoms with Crippen LogP contribution in [0.3, 0.4) is 0 Å². The predicted octanol–water partition coefficient (Wildman–Crippen LogP) is 4.61. The van der Waals surface area contributed by atoms with Gasteiger partial charge in [0.2, 0.25) is 5.91 Å². The molecule has 1 aliphatic heterocycles. The monoisotopic (exact) mass is 417 g/mol. The highest BCUT2D eigenvalue weighted by atomic mass is 16.6. The van der Waals surface area contributed by atoms with E-state index in [4.69, 9.17) is 14.2 Å². The van der Waals surface area contributed by atoms with Gasteiger partial charge in [0.05, 0.1) is 0 Å². The largest absolute Gasteiger partial charge is 0.486 e. The summed E-state index contributed by atoms with van der Waals surface area (Å²) in [5.41, 5.74) is 2.98. The summed E-state index contributed by atoms with van der Waals surface area (Å²) in [4.78, 5) is 14.8. The van der Waals surface area contributed by atoms with E-state index in [1.54, 1.807) is 4.90 Å². The number of amides is 1. The van der Waals surface area contributed by atoms with Crippen LogP contribution < -0.4 is 9.47 Å². The van der Waals surface area contributed by atoms with Crippen LogP contribution in [-0.4, -0.2) is 37.2 Å². The fourth-order valence-electron chi connectivity index (χ4n) is 3.73. The fraction of sp³-hybridized carbons (Fsp3) is 0.269. The van der Waals surface area contributed by atoms with Crippen molar-refractivity contribution in [1.29, 1.82) is 0 Å². The smallest absolute Gasteiger partial charge is 0.248 e. The van der Waals surface area contributed by atoms with E-state index in [0.717, 1.165) is 28.2 Å². The third-order valence-electron chi connectivity index (χ3n) is 5.32. The number of nitrogens with zero attached hydrogens (tertiary/aromatic N) is 1. The maximum Gasteiger partial charge on any atom is 0.248 e. The first kappa shape index (κ1) is 20.9. The van der Waals surface area contributed by atoms with Crippen molar-refractivity contribution >= 4 is 5.91 Å². The summed E-state index contributed by atoms with van der Waals surface area (Å²) < 4.78 is 17.6. The Hall–Kier alpha value is -3.31. The van der Waals surface area contributed by atoms with Crippen molar-refractivity contribution in [2.45, 2.75) is 19.6 Å². The molecule has 3 aromatic carbocycles. The van der Waals surface area contributed by atoms with Crippen molar-refractivity contribution in [3.8, 4) is 11.5 Å². The molecule has 0 aliphatic carbocycles. The Morgan fingerprint density at radius 3 is 2.19 bits per heavy atom. The average Bonchev–Trinajstić information content (AvgIpc) is 2.84. The van der Waals surface area contributed by atoms with E-state index in [-0.39, 0.29) is 18.6 Å². The molecule has 3 aromatic rings. The Morgan fingerprint density at radius 1 is 0.903 bits per heavy atom. The van der Waals surface area contributed by atoms with Gasteiger partial charge in [-0.2, -0.15) is 0 Å². The van der Waals surface area contributed by atoms with Gasteiger partial charge in [-0.15, -0.1) is 0 Å². The lowest BCUT2D eigenvalue weighted by Gasteiger charge is -2.26. The zero-order chi connectivity index (χ0) is 21.5. The molecule has 5 heteroatoms. The molecular weight excluding hydrogens is 390 g/mol. The molecule has 5 nitrogen and oxygen atoms in total. The van der Waals surface area contributed by atoms with E-state index < -0.39 is 0 Å². The Kier molecular flexibility index (Phi) is 6.85. The van der Waals surface area contributed by atoms with Gasteiger partial charge in [-0.05, 0) is 24.1 Å². The summed E-state index contributed by atoms with van der Waals surface area (Å²) in [6.07, 6.45) is -0.300. The molecule has 0 aromatic heterocycles. The molecule has 0 saturated heterocycles. The molecule has 0 atom stereocenters. The second-order valence-electron chi connectivity index (χ2n) is 7.36. The number of likely N-dealkylation sites (N-methyl/N-ethyl adjacent to an activating group) is 1. The molecule has 0 N–H and O–H groups in total. The van der Waals surface area contributed by atoms with Gasteiger partial charge in [0.25, 0.3) is 0 Å². The second kappa shape index (κ2) is 10.1. The van der Waals surface area contributed by atoms with Gasteiger partial charge < -0.3 is 19.1 Å². The first-order chi connectivity index (χ1) is 15.3. The van der Waals surface area contributed by atoms with Crippen LogP contribution in [0.25, 0.3) is 0 Å². The number of hydrogen-bond acceptors (Lipinski definition) is 4. The highest BCUT2D eigenvalue weighted by Crippen LogP contribution is 2.34. The SMILES string of the molecule is CCN(Cc1cccc2c1OCCO2)C(=O)COC(c1ccccc1)c1ccccc1. The topological polar surface area (TPSA) is 48.0 Å². The molecule has 0 bridgehead atoms. The lowest BCUT2D eigenvalue weighted by molar-refractivity contribution is -0.138. The van der Waals surface area contributed by atoms with E-state index in [9.17, 15) is 4.79 Å². The third-order valence-corrected chi connectivity index (χ3v) is 5.32. The fourth-order valence-corrected chi connectivity index (χ4v) is 3.73. The summed E-state index contributed by atoms with van der Waals surface area (Å²) in [7, 11) is 0. The van der Waals surface area contributed by atoms with Crippen molar-refractivity contribution in [2.24, 2.45) is 0 Å². The van der Waals surface area contributed by atoms with Gasteiger partial charge in [-0.3, -0.25) is 4.79 Å². The van der Waals surface area contributed by atoms with Crippen LogP contribution in [0, 0.1) is 0 Å². The molecule has 0 saturated carbocycles. The molecule has 0 radical (unpaired) electrons. The first-order valence-corrected chi connectivity index (χ1v) is 10.6. The third kappa shape index (κ3) is 5.06. The summed E-state index contributed by atoms with van der Waals surface area (Å²) in [6, 6.07) is 25.8. The number of fused-ring (bicyclic) bond motifs is 1. The molecule has 1 amide bonds. The molecule has 0 fully saturated rings. The van der Waals surface area contributed by atoms with E-state index in [1.165, 1.54) is 0 Å². The summed E-state index contributed by atoms with van der Waals surface area (Å²) in [6.45, 7) is 4.05. The number of para-hydroxylation sites is 1. The number of ether oxygens (including phenoxy) is 3. The van der Waals surface area contributed by atoms with Crippen LogP contribution in [-0.2, 0) is 16.1 Å². The number of carbonyl (C=O) groups excluding carboxylic acids is 1. The van der Waals surface area contributed by atoms with Crippen molar-refractivity contribution < 1.29 is 19.0 Å². The van der Waals surface area contributed by atoms with E-state index in [1.807, 2.05) is 85.8 Å². The first-order valence-electron chi connectivity index (χ1n) is 10.6. The minimum Gasteiger partial charge on any atom is -0.486 e. The number of benzene rings is 3. The van der Waals surface area contributed by atoms with Crippen molar-refractivity contribution in [3.05, 3.63) is 95.6 Å². The molecule has 1 heterocycles. The Bertz CT molecular complexity index is 951. The van der Waals surface area contributed by atoms with Gasteiger partial charge >= 0.3 is 0 Å². The zero-order valence-electron chi connectivity index (χ0n) is 17.7. The van der Waals surface area contributed by atoms with E-state index in [2.05, 4.69) is 0 Å². The van der Waals surface area contributed by atoms with Crippen LogP contribution in [0.2, 0.25) is 0 Å². The maximum absolute atomic E-state index is 13.0. The Morgan fingerprint density at radius 2 is 1.55 bits per heavy atom. The lowest BCUT2D eigenvalue weighted by Crippen LogP contribution is -2.34. The maximum atomic E-state index is 13.0. The molecule has 31 heavy (non-hydrogen) atoms. The molecule has 0 spiro atoms. The summed E-state index contributed by atoms with van der Waals surface area (Å²) in [5.74, 6) is 1.40. The van der Waals surface area contributed by atoms with E-state index >= 15 is 0 Å². The van der Waals surface area contributed by atoms with Gasteiger partial charge in [0.15, 0.2) is 11.5 Å². The normalized spacial score (nSPS) is 12.6. The Balaban J connectivity index is 1.47. The zero-order valence-corrected chi connectivity index (χ0v) is 17.7. The lowest BCUT2D eigenvalue weighted by atomic mass is 10.0. The van der Waals surface area contributed by atoms with Gasteiger partial charge in [-0.25, -0.2) is 0 Å². The minimum atomic E-state index is -0.300. The molecule has 4 rings (SSSR count). The summed E-state index contributed by atoms with van der Waals surface area (Å²) >= 11 is 0. The van der Waals surface area contributed by atoms with Gasteiger partial charge in [0.1, 0.15) is 25.9 Å². The highest BCUT2D eigenvalue weighted by Gasteiger charge is 2.22.